The third-order valence-corrected chi connectivity index (χ3v) is 3.21. The van der Waals surface area contributed by atoms with Gasteiger partial charge < -0.3 is 9.15 Å². The molecule has 1 aromatic heterocycles. The first-order valence-electron chi connectivity index (χ1n) is 6.13. The molecule has 0 aliphatic carbocycles. The summed E-state index contributed by atoms with van der Waals surface area (Å²) in [6, 6.07) is 16.2. The van der Waals surface area contributed by atoms with Crippen LogP contribution in [0.25, 0.3) is 11.0 Å². The van der Waals surface area contributed by atoms with Crippen molar-refractivity contribution in [3.05, 3.63) is 65.4 Å². The van der Waals surface area contributed by atoms with E-state index < -0.39 is 0 Å². The summed E-state index contributed by atoms with van der Waals surface area (Å²) in [7, 11) is 0. The number of ketones is 1. The van der Waals surface area contributed by atoms with Gasteiger partial charge >= 0.3 is 0 Å². The minimum absolute atomic E-state index is 0.108. The van der Waals surface area contributed by atoms with Gasteiger partial charge in [-0.05, 0) is 24.3 Å². The number of Topliss-reactive ketones (excluding diaryl/α,β-unsaturated/α-hetero) is 1. The van der Waals surface area contributed by atoms with Gasteiger partial charge in [0.15, 0.2) is 12.4 Å². The second-order valence-electron chi connectivity index (χ2n) is 4.29. The molecule has 0 unspecified atom stereocenters. The summed E-state index contributed by atoms with van der Waals surface area (Å²) >= 11 is 5.96. The fourth-order valence-electron chi connectivity index (χ4n) is 1.90. The number of rotatable bonds is 4. The Balaban J connectivity index is 1.75. The van der Waals surface area contributed by atoms with Gasteiger partial charge in [-0.2, -0.15) is 0 Å². The van der Waals surface area contributed by atoms with Crippen LogP contribution in [-0.4, -0.2) is 12.4 Å². The Hall–Kier alpha value is -2.26. The van der Waals surface area contributed by atoms with Crippen molar-refractivity contribution in [1.82, 2.24) is 0 Å². The summed E-state index contributed by atoms with van der Waals surface area (Å²) in [5.41, 5.74) is 0.689. The number of hydrogen-bond donors (Lipinski definition) is 0. The van der Waals surface area contributed by atoms with Crippen LogP contribution >= 0.6 is 11.6 Å². The first kappa shape index (κ1) is 12.8. The van der Waals surface area contributed by atoms with Gasteiger partial charge in [-0.3, -0.25) is 4.79 Å². The van der Waals surface area contributed by atoms with E-state index in [4.69, 9.17) is 20.8 Å². The number of carbonyl (C=O) groups excluding carboxylic acids is 1. The van der Waals surface area contributed by atoms with Gasteiger partial charge in [0, 0.05) is 5.39 Å². The first-order chi connectivity index (χ1) is 9.74. The predicted octanol–water partition coefficient (Wildman–Crippen LogP) is 4.35. The molecule has 0 aliphatic heterocycles. The van der Waals surface area contributed by atoms with Crippen LogP contribution in [-0.2, 0) is 0 Å². The van der Waals surface area contributed by atoms with Crippen molar-refractivity contribution < 1.29 is 13.9 Å². The molecule has 0 saturated heterocycles. The second-order valence-corrected chi connectivity index (χ2v) is 4.70. The zero-order chi connectivity index (χ0) is 13.9. The number of hydrogen-bond acceptors (Lipinski definition) is 3. The highest BCUT2D eigenvalue weighted by Crippen LogP contribution is 2.24. The second kappa shape index (κ2) is 5.39. The van der Waals surface area contributed by atoms with Crippen molar-refractivity contribution >= 4 is 28.4 Å². The van der Waals surface area contributed by atoms with Crippen molar-refractivity contribution in [1.29, 1.82) is 0 Å². The zero-order valence-electron chi connectivity index (χ0n) is 10.5. The molecule has 3 rings (SSSR count). The Labute approximate surface area is 120 Å². The Morgan fingerprint density at radius 2 is 1.85 bits per heavy atom. The highest BCUT2D eigenvalue weighted by Gasteiger charge is 2.13. The maximum absolute atomic E-state index is 12.0. The molecule has 2 aromatic carbocycles. The number of carbonyl (C=O) groups is 1. The van der Waals surface area contributed by atoms with Crippen molar-refractivity contribution in [3.63, 3.8) is 0 Å². The minimum Gasteiger partial charge on any atom is -0.484 e. The maximum atomic E-state index is 12.0. The molecule has 3 nitrogen and oxygen atoms in total. The predicted molar refractivity (Wildman–Crippen MR) is 77.5 cm³/mol. The number of ether oxygens (including phenoxy) is 1. The zero-order valence-corrected chi connectivity index (χ0v) is 11.3. The van der Waals surface area contributed by atoms with Crippen LogP contribution in [0, 0.1) is 0 Å². The summed E-state index contributed by atoms with van der Waals surface area (Å²) in [6.07, 6.45) is 0. The molecule has 0 atom stereocenters. The van der Waals surface area contributed by atoms with Gasteiger partial charge in [0.2, 0.25) is 5.78 Å². The number of benzene rings is 2. The van der Waals surface area contributed by atoms with E-state index in [0.717, 1.165) is 5.39 Å². The highest BCUT2D eigenvalue weighted by atomic mass is 35.5. The van der Waals surface area contributed by atoms with Crippen LogP contribution in [0.15, 0.2) is 59.0 Å². The molecule has 100 valence electrons. The van der Waals surface area contributed by atoms with Crippen LogP contribution in [0.5, 0.6) is 5.75 Å². The molecule has 0 bridgehead atoms. The largest absolute Gasteiger partial charge is 0.484 e. The molecule has 20 heavy (non-hydrogen) atoms. The molecule has 0 amide bonds. The van der Waals surface area contributed by atoms with Gasteiger partial charge in [0.25, 0.3) is 0 Å². The lowest BCUT2D eigenvalue weighted by Crippen LogP contribution is -2.10. The molecule has 1 heterocycles. The van der Waals surface area contributed by atoms with Gasteiger partial charge in [0.1, 0.15) is 11.3 Å². The van der Waals surface area contributed by atoms with Crippen LogP contribution in [0.1, 0.15) is 10.6 Å². The molecule has 0 fully saturated rings. The Bertz CT molecular complexity index is 728. The lowest BCUT2D eigenvalue weighted by atomic mass is 10.2. The lowest BCUT2D eigenvalue weighted by molar-refractivity contribution is 0.0896. The van der Waals surface area contributed by atoms with Crippen molar-refractivity contribution in [2.75, 3.05) is 6.61 Å². The van der Waals surface area contributed by atoms with Gasteiger partial charge in [-0.15, -0.1) is 0 Å². The molecule has 0 saturated carbocycles. The third kappa shape index (κ3) is 2.53. The van der Waals surface area contributed by atoms with Crippen LogP contribution in [0.3, 0.4) is 0 Å². The SMILES string of the molecule is O=C(COc1ccccc1Cl)c1cc2ccccc2o1. The summed E-state index contributed by atoms with van der Waals surface area (Å²) < 4.78 is 10.9. The van der Waals surface area contributed by atoms with Crippen molar-refractivity contribution in [2.45, 2.75) is 0 Å². The molecular formula is C16H11ClO3. The molecule has 0 spiro atoms. The van der Waals surface area contributed by atoms with Gasteiger partial charge in [-0.25, -0.2) is 0 Å². The van der Waals surface area contributed by atoms with E-state index >= 15 is 0 Å². The maximum Gasteiger partial charge on any atom is 0.235 e. The fraction of sp³-hybridized carbons (Fsp3) is 0.0625. The molecule has 3 aromatic rings. The van der Waals surface area contributed by atoms with Crippen LogP contribution in [0.2, 0.25) is 5.02 Å². The van der Waals surface area contributed by atoms with E-state index in [-0.39, 0.29) is 12.4 Å². The average Bonchev–Trinajstić information content (AvgIpc) is 2.90. The molecular weight excluding hydrogens is 276 g/mol. The summed E-state index contributed by atoms with van der Waals surface area (Å²) in [6.45, 7) is -0.108. The smallest absolute Gasteiger partial charge is 0.235 e. The summed E-state index contributed by atoms with van der Waals surface area (Å²) in [4.78, 5) is 12.0. The summed E-state index contributed by atoms with van der Waals surface area (Å²) in [5.74, 6) is 0.554. The minimum atomic E-state index is -0.221. The highest BCUT2D eigenvalue weighted by molar-refractivity contribution is 6.32. The average molecular weight is 287 g/mol. The molecule has 4 heteroatoms. The topological polar surface area (TPSA) is 39.4 Å². The monoisotopic (exact) mass is 286 g/mol. The number of furan rings is 1. The molecule has 0 radical (unpaired) electrons. The van der Waals surface area contributed by atoms with Crippen LogP contribution < -0.4 is 4.74 Å². The van der Waals surface area contributed by atoms with E-state index in [9.17, 15) is 4.79 Å². The van der Waals surface area contributed by atoms with Gasteiger partial charge in [-0.1, -0.05) is 41.9 Å². The normalized spacial score (nSPS) is 10.7. The molecule has 0 N–H and O–H groups in total. The third-order valence-electron chi connectivity index (χ3n) is 2.90. The Morgan fingerprint density at radius 3 is 2.65 bits per heavy atom. The molecule has 0 aliphatic rings. The number of para-hydroxylation sites is 2. The van der Waals surface area contributed by atoms with Crippen molar-refractivity contribution in [3.8, 4) is 5.75 Å². The number of halogens is 1. The lowest BCUT2D eigenvalue weighted by Gasteiger charge is -2.05. The van der Waals surface area contributed by atoms with Gasteiger partial charge in [0.05, 0.1) is 5.02 Å². The standard InChI is InChI=1S/C16H11ClO3/c17-12-6-2-4-8-15(12)19-10-13(18)16-9-11-5-1-3-7-14(11)20-16/h1-9H,10H2. The van der Waals surface area contributed by atoms with E-state index in [0.29, 0.717) is 22.1 Å². The van der Waals surface area contributed by atoms with E-state index in [1.807, 2.05) is 24.3 Å². The van der Waals surface area contributed by atoms with Crippen molar-refractivity contribution in [2.24, 2.45) is 0 Å². The Morgan fingerprint density at radius 1 is 1.10 bits per heavy atom. The number of fused-ring (bicyclic) bond motifs is 1. The summed E-state index contributed by atoms with van der Waals surface area (Å²) in [5, 5.41) is 1.37. The van der Waals surface area contributed by atoms with Crippen LogP contribution in [0.4, 0.5) is 0 Å². The van der Waals surface area contributed by atoms with E-state index in [1.54, 1.807) is 30.3 Å². The Kier molecular flexibility index (Phi) is 3.44. The quantitative estimate of drug-likeness (QED) is 0.669. The van der Waals surface area contributed by atoms with E-state index in [1.165, 1.54) is 0 Å². The fourth-order valence-corrected chi connectivity index (χ4v) is 2.09. The van der Waals surface area contributed by atoms with E-state index in [2.05, 4.69) is 0 Å². The first-order valence-corrected chi connectivity index (χ1v) is 6.51.